The van der Waals surface area contributed by atoms with E-state index in [9.17, 15) is 19.2 Å². The van der Waals surface area contributed by atoms with E-state index in [0.29, 0.717) is 44.4 Å². The van der Waals surface area contributed by atoms with Crippen LogP contribution in [0.15, 0.2) is 69.6 Å². The second kappa shape index (κ2) is 30.8. The molecule has 0 saturated carbocycles. The summed E-state index contributed by atoms with van der Waals surface area (Å²) in [5, 5.41) is 0. The third kappa shape index (κ3) is 19.0. The molecule has 0 aliphatic carbocycles. The number of hydrogen-bond acceptors (Lipinski definition) is 11. The van der Waals surface area contributed by atoms with Gasteiger partial charge in [0.1, 0.15) is 0 Å². The van der Waals surface area contributed by atoms with Gasteiger partial charge in [0, 0.05) is 29.8 Å². The molecule has 0 aliphatic rings. The van der Waals surface area contributed by atoms with E-state index < -0.39 is 54.5 Å². The summed E-state index contributed by atoms with van der Waals surface area (Å²) in [6.45, 7) is 36.7. The Bertz CT molecular complexity index is 2460. The van der Waals surface area contributed by atoms with Crippen LogP contribution < -0.4 is 16.4 Å². The fourth-order valence-electron chi connectivity index (χ4n) is 8.13. The van der Waals surface area contributed by atoms with Crippen molar-refractivity contribution in [2.45, 2.75) is 159 Å². The monoisotopic (exact) mass is 1350 g/mol. The van der Waals surface area contributed by atoms with Gasteiger partial charge in [-0.1, -0.05) is 51.4 Å². The maximum Gasteiger partial charge on any atom is 0.339 e. The molecule has 2 aromatic carbocycles. The van der Waals surface area contributed by atoms with Crippen LogP contribution in [0.4, 0.5) is 0 Å². The van der Waals surface area contributed by atoms with Gasteiger partial charge in [-0.2, -0.15) is 0 Å². The minimum Gasteiger partial charge on any atom is -0.462 e. The number of carbonyl (C=O) groups excluding carboxylic acids is 4. The summed E-state index contributed by atoms with van der Waals surface area (Å²) in [6.07, 6.45) is 8.56. The average Bonchev–Trinajstić information content (AvgIpc) is 4.15. The van der Waals surface area contributed by atoms with Gasteiger partial charge in [0.05, 0.1) is 64.8 Å². The standard InChI is InChI=1S/C26H34O4S2Si2.C12H12Br2O4.C7H11SSi.3C4H9.Sn/c1-9-29-25(27)19-15-18(22-12-14-24(32-22)34(6,7)8)20(26(28)30-10-2)16-17(19)21-11-13-23(31-21)33(3,4)5;1-3-17-11(15)7-5-10(14)8(6-9(7)13)12(16)18-4-2;1-9(2,3)7-5-4-6-8-7;3*1-3-4-2;/h11-16H,9-10H2,1-8H3;5-6H,3-4H2,1-2H3;4-5H,1-3H3;3*1,3-4H2,2H3;. The third-order valence-electron chi connectivity index (χ3n) is 12.3. The summed E-state index contributed by atoms with van der Waals surface area (Å²) in [4.78, 5) is 51.4. The molecule has 0 atom stereocenters. The van der Waals surface area contributed by atoms with Crippen molar-refractivity contribution in [3.05, 3.63) is 91.9 Å². The molecular formula is C57H84Br2O8S3Si3Sn. The fraction of sp³-hybridized carbons (Fsp3) is 0.509. The van der Waals surface area contributed by atoms with Crippen molar-refractivity contribution in [2.24, 2.45) is 0 Å². The zero-order chi connectivity index (χ0) is 55.6. The summed E-state index contributed by atoms with van der Waals surface area (Å²) >= 11 is 9.99. The van der Waals surface area contributed by atoms with Gasteiger partial charge in [-0.15, -0.1) is 22.7 Å². The van der Waals surface area contributed by atoms with E-state index in [0.717, 1.165) is 20.9 Å². The van der Waals surface area contributed by atoms with Gasteiger partial charge in [0.15, 0.2) is 0 Å². The van der Waals surface area contributed by atoms with E-state index in [4.69, 9.17) is 18.9 Å². The van der Waals surface area contributed by atoms with E-state index in [1.807, 2.05) is 15.0 Å². The van der Waals surface area contributed by atoms with Crippen LogP contribution in [0.3, 0.4) is 0 Å². The van der Waals surface area contributed by atoms with Crippen molar-refractivity contribution in [3.63, 3.8) is 0 Å². The van der Waals surface area contributed by atoms with Gasteiger partial charge < -0.3 is 18.9 Å². The van der Waals surface area contributed by atoms with Gasteiger partial charge in [0.25, 0.3) is 0 Å². The molecule has 0 fully saturated rings. The summed E-state index contributed by atoms with van der Waals surface area (Å²) < 4.78 is 32.8. The minimum absolute atomic E-state index is 0.288. The second-order valence-corrected chi connectivity index (χ2v) is 56.8. The van der Waals surface area contributed by atoms with E-state index in [-0.39, 0.29) is 25.2 Å². The maximum absolute atomic E-state index is 13.1. The number of halogens is 2. The predicted octanol–water partition coefficient (Wildman–Crippen LogP) is 16.5. The van der Waals surface area contributed by atoms with Crippen molar-refractivity contribution >= 4 is 149 Å². The van der Waals surface area contributed by atoms with Crippen LogP contribution in [0.2, 0.25) is 72.2 Å². The first-order valence-corrected chi connectivity index (χ1v) is 48.5. The Morgan fingerprint density at radius 1 is 0.432 bits per heavy atom. The molecule has 0 saturated heterocycles. The quantitative estimate of drug-likeness (QED) is 0.0362. The first-order chi connectivity index (χ1) is 34.8. The number of hydrogen-bond donors (Lipinski definition) is 0. The Morgan fingerprint density at radius 2 is 0.730 bits per heavy atom. The average molecular weight is 1360 g/mol. The Morgan fingerprint density at radius 3 is 1.00 bits per heavy atom. The number of benzene rings is 2. The van der Waals surface area contributed by atoms with Crippen LogP contribution in [-0.2, 0) is 18.9 Å². The largest absolute Gasteiger partial charge is 0.462 e. The van der Waals surface area contributed by atoms with E-state index in [1.165, 1.54) is 59.7 Å². The summed E-state index contributed by atoms with van der Waals surface area (Å²) in [5.74, 6) is -1.64. The molecule has 0 spiro atoms. The van der Waals surface area contributed by atoms with Crippen LogP contribution in [0, 0.1) is 0 Å². The number of esters is 4. The molecule has 5 aromatic rings. The first kappa shape index (κ1) is 66.1. The molecule has 0 radical (unpaired) electrons. The number of ether oxygens (including phenoxy) is 4. The summed E-state index contributed by atoms with van der Waals surface area (Å²) in [7, 11) is -4.16. The molecule has 408 valence electrons. The van der Waals surface area contributed by atoms with Crippen LogP contribution in [-0.4, -0.2) is 92.9 Å². The first-order valence-electron chi connectivity index (χ1n) is 26.4. The molecule has 5 rings (SSSR count). The fourth-order valence-corrected chi connectivity index (χ4v) is 37.9. The summed E-state index contributed by atoms with van der Waals surface area (Å²) in [5.41, 5.74) is 3.13. The molecule has 0 N–H and O–H groups in total. The third-order valence-corrected chi connectivity index (χ3v) is 46.0. The van der Waals surface area contributed by atoms with E-state index in [2.05, 4.69) is 159 Å². The van der Waals surface area contributed by atoms with Gasteiger partial charge >= 0.3 is 173 Å². The van der Waals surface area contributed by atoms with Crippen molar-refractivity contribution in [1.29, 1.82) is 0 Å². The zero-order valence-corrected chi connectivity index (χ0v) is 58.7. The van der Waals surface area contributed by atoms with Gasteiger partial charge in [-0.25, -0.2) is 19.2 Å². The molecule has 0 aliphatic heterocycles. The Kier molecular flexibility index (Phi) is 27.5. The SMILES string of the molecule is CCC[CH2][Sn]([CH2]CCC)([CH2]CCC)[c]1ccc([Si](C)(C)C)s1.CCOC(=O)c1cc(-c2ccc([Si](C)(C)C)s2)c(C(=O)OCC)cc1-c1ccc([Si](C)(C)C)s1.CCOC(=O)c1cc(Br)c(C(=O)OCC)cc1Br. The molecule has 17 heteroatoms. The minimum atomic E-state index is -2.14. The molecule has 0 bridgehead atoms. The van der Waals surface area contributed by atoms with Crippen LogP contribution in [0.25, 0.3) is 20.9 Å². The normalized spacial score (nSPS) is 11.8. The van der Waals surface area contributed by atoms with Crippen molar-refractivity contribution in [1.82, 2.24) is 0 Å². The molecule has 0 unspecified atom stereocenters. The molecule has 0 amide bonds. The van der Waals surface area contributed by atoms with Crippen LogP contribution >= 0.6 is 65.9 Å². The Labute approximate surface area is 480 Å². The van der Waals surface area contributed by atoms with Gasteiger partial charge in [-0.3, -0.25) is 0 Å². The molecule has 3 aromatic heterocycles. The molecule has 74 heavy (non-hydrogen) atoms. The predicted molar refractivity (Wildman–Crippen MR) is 337 cm³/mol. The van der Waals surface area contributed by atoms with Crippen molar-refractivity contribution in [2.75, 3.05) is 26.4 Å². The Hall–Kier alpha value is -2.17. The van der Waals surface area contributed by atoms with Crippen LogP contribution in [0.5, 0.6) is 0 Å². The van der Waals surface area contributed by atoms with Crippen molar-refractivity contribution < 1.29 is 38.1 Å². The molecule has 8 nitrogen and oxygen atoms in total. The van der Waals surface area contributed by atoms with Gasteiger partial charge in [-0.05, 0) is 105 Å². The number of unbranched alkanes of at least 4 members (excludes halogenated alkanes) is 3. The van der Waals surface area contributed by atoms with Crippen LogP contribution in [0.1, 0.15) is 128 Å². The van der Waals surface area contributed by atoms with Crippen molar-refractivity contribution in [3.8, 4) is 20.9 Å². The molecular weight excluding hydrogens is 1270 g/mol. The maximum atomic E-state index is 13.1. The second-order valence-electron chi connectivity index (χ2n) is 21.5. The zero-order valence-electron chi connectivity index (χ0n) is 47.2. The smallest absolute Gasteiger partial charge is 0.339 e. The Balaban J connectivity index is 0.000000312. The number of rotatable bonds is 23. The number of thiophene rings is 3. The topological polar surface area (TPSA) is 105 Å². The van der Waals surface area contributed by atoms with E-state index >= 15 is 0 Å². The number of carbonyl (C=O) groups is 4. The summed E-state index contributed by atoms with van der Waals surface area (Å²) in [6, 6.07) is 20.2. The van der Waals surface area contributed by atoms with Gasteiger partial charge in [0.2, 0.25) is 0 Å². The molecule has 3 heterocycles. The van der Waals surface area contributed by atoms with E-state index in [1.54, 1.807) is 68.2 Å².